The van der Waals surface area contributed by atoms with Crippen LogP contribution in [-0.2, 0) is 7.05 Å². The van der Waals surface area contributed by atoms with Crippen LogP contribution < -0.4 is 5.32 Å². The molecule has 0 aliphatic rings. The van der Waals surface area contributed by atoms with Crippen molar-refractivity contribution < 1.29 is 0 Å². The zero-order chi connectivity index (χ0) is 16.5. The number of nitrogens with one attached hydrogen (secondary N) is 1. The molecule has 0 aliphatic heterocycles. The molecule has 1 atom stereocenters. The highest BCUT2D eigenvalue weighted by atomic mass is 15.3. The summed E-state index contributed by atoms with van der Waals surface area (Å²) >= 11 is 0. The second-order valence-corrected chi connectivity index (χ2v) is 5.71. The fourth-order valence-corrected chi connectivity index (χ4v) is 2.36. The van der Waals surface area contributed by atoms with Crippen molar-refractivity contribution in [1.29, 1.82) is 0 Å². The Morgan fingerprint density at radius 1 is 1.50 bits per heavy atom. The lowest BCUT2D eigenvalue weighted by molar-refractivity contribution is 0.295. The molecule has 0 bridgehead atoms. The minimum atomic E-state index is 0.257. The Kier molecular flexibility index (Phi) is 7.66. The summed E-state index contributed by atoms with van der Waals surface area (Å²) in [6.45, 7) is 5.51. The molecule has 124 valence electrons. The van der Waals surface area contributed by atoms with Crippen LogP contribution in [0.4, 0.5) is 0 Å². The maximum absolute atomic E-state index is 4.36. The third-order valence-corrected chi connectivity index (χ3v) is 3.66. The molecule has 0 saturated heterocycles. The molecule has 1 N–H and O–H groups in total. The molecule has 0 aliphatic carbocycles. The van der Waals surface area contributed by atoms with Crippen molar-refractivity contribution in [3.63, 3.8) is 0 Å². The third kappa shape index (κ3) is 5.52. The van der Waals surface area contributed by atoms with Gasteiger partial charge >= 0.3 is 0 Å². The van der Waals surface area contributed by atoms with Crippen molar-refractivity contribution in [2.24, 2.45) is 12.0 Å². The van der Waals surface area contributed by atoms with Gasteiger partial charge in [-0.25, -0.2) is 0 Å². The van der Waals surface area contributed by atoms with Gasteiger partial charge in [0.15, 0.2) is 5.96 Å². The van der Waals surface area contributed by atoms with E-state index in [2.05, 4.69) is 59.1 Å². The van der Waals surface area contributed by atoms with Gasteiger partial charge in [0.2, 0.25) is 0 Å². The number of aromatic nitrogens is 2. The van der Waals surface area contributed by atoms with Gasteiger partial charge in [0, 0.05) is 46.0 Å². The smallest absolute Gasteiger partial charge is 0.193 e. The molecule has 0 saturated carbocycles. The third-order valence-electron chi connectivity index (χ3n) is 3.66. The highest BCUT2D eigenvalue weighted by molar-refractivity contribution is 5.79. The first-order chi connectivity index (χ1) is 10.5. The highest BCUT2D eigenvalue weighted by Gasteiger charge is 2.17. The van der Waals surface area contributed by atoms with E-state index in [0.29, 0.717) is 0 Å². The number of unbranched alkanes of at least 4 members (excludes halogenated alkanes) is 1. The first kappa shape index (κ1) is 18.2. The fraction of sp³-hybridized carbons (Fsp3) is 0.625. The Hall–Kier alpha value is -1.82. The average molecular weight is 306 g/mol. The summed E-state index contributed by atoms with van der Waals surface area (Å²) in [5.41, 5.74) is 1.20. The monoisotopic (exact) mass is 306 g/mol. The van der Waals surface area contributed by atoms with Gasteiger partial charge in [0.25, 0.3) is 0 Å². The van der Waals surface area contributed by atoms with E-state index >= 15 is 0 Å². The molecule has 6 heteroatoms. The van der Waals surface area contributed by atoms with Gasteiger partial charge in [0.05, 0.1) is 12.2 Å². The number of nitrogens with zero attached hydrogens (tertiary/aromatic N) is 5. The standard InChI is InChI=1S/C16H30N6/c1-7-8-9-10-21(5)16(17-2)18-12-15(20(3)4)14-11-19-22(6)13-14/h7,11,13,15H,1,8-10,12H2,2-6H3,(H,17,18). The highest BCUT2D eigenvalue weighted by Crippen LogP contribution is 2.16. The summed E-state index contributed by atoms with van der Waals surface area (Å²) in [7, 11) is 9.98. The van der Waals surface area contributed by atoms with E-state index in [9.17, 15) is 0 Å². The largest absolute Gasteiger partial charge is 0.354 e. The Morgan fingerprint density at radius 3 is 2.73 bits per heavy atom. The second-order valence-electron chi connectivity index (χ2n) is 5.71. The predicted octanol–water partition coefficient (Wildman–Crippen LogP) is 1.50. The normalized spacial score (nSPS) is 13.3. The van der Waals surface area contributed by atoms with Gasteiger partial charge in [-0.05, 0) is 26.9 Å². The summed E-state index contributed by atoms with van der Waals surface area (Å²) in [4.78, 5) is 8.70. The van der Waals surface area contributed by atoms with Crippen molar-refractivity contribution in [2.75, 3.05) is 41.3 Å². The van der Waals surface area contributed by atoms with Crippen molar-refractivity contribution in [2.45, 2.75) is 18.9 Å². The number of hydrogen-bond acceptors (Lipinski definition) is 3. The number of allylic oxidation sites excluding steroid dienone is 1. The molecule has 1 rings (SSSR count). The minimum absolute atomic E-state index is 0.257. The lowest BCUT2D eigenvalue weighted by Crippen LogP contribution is -2.43. The molecule has 0 spiro atoms. The quantitative estimate of drug-likeness (QED) is 0.342. The van der Waals surface area contributed by atoms with Gasteiger partial charge in [-0.1, -0.05) is 6.08 Å². The molecule has 1 aromatic heterocycles. The van der Waals surface area contributed by atoms with Crippen molar-refractivity contribution in [1.82, 2.24) is 24.9 Å². The molecule has 0 amide bonds. The van der Waals surface area contributed by atoms with Gasteiger partial charge in [-0.15, -0.1) is 6.58 Å². The van der Waals surface area contributed by atoms with Gasteiger partial charge in [0.1, 0.15) is 0 Å². The molecule has 0 aromatic carbocycles. The van der Waals surface area contributed by atoms with Gasteiger partial charge in [-0.3, -0.25) is 9.67 Å². The van der Waals surface area contributed by atoms with Gasteiger partial charge < -0.3 is 15.1 Å². The van der Waals surface area contributed by atoms with Crippen LogP contribution in [0.1, 0.15) is 24.4 Å². The summed E-state index contributed by atoms with van der Waals surface area (Å²) in [6, 6.07) is 0.257. The summed E-state index contributed by atoms with van der Waals surface area (Å²) in [5.74, 6) is 0.916. The van der Waals surface area contributed by atoms with Crippen LogP contribution in [0.15, 0.2) is 30.0 Å². The van der Waals surface area contributed by atoms with E-state index in [1.165, 1.54) is 5.56 Å². The van der Waals surface area contributed by atoms with Crippen LogP contribution in [0, 0.1) is 0 Å². The van der Waals surface area contributed by atoms with E-state index in [1.807, 2.05) is 31.1 Å². The number of aliphatic imine (C=N–C) groups is 1. The number of likely N-dealkylation sites (N-methyl/N-ethyl adjacent to an activating group) is 1. The Morgan fingerprint density at radius 2 is 2.23 bits per heavy atom. The van der Waals surface area contributed by atoms with Crippen LogP contribution in [0.2, 0.25) is 0 Å². The minimum Gasteiger partial charge on any atom is -0.354 e. The zero-order valence-electron chi connectivity index (χ0n) is 14.6. The molecule has 1 aromatic rings. The molecule has 6 nitrogen and oxygen atoms in total. The summed E-state index contributed by atoms with van der Waals surface area (Å²) < 4.78 is 1.84. The van der Waals surface area contributed by atoms with Crippen LogP contribution >= 0.6 is 0 Å². The number of hydrogen-bond donors (Lipinski definition) is 1. The molecule has 22 heavy (non-hydrogen) atoms. The molecular formula is C16H30N6. The van der Waals surface area contributed by atoms with E-state index < -0.39 is 0 Å². The van der Waals surface area contributed by atoms with Crippen LogP contribution in [0.3, 0.4) is 0 Å². The first-order valence-corrected chi connectivity index (χ1v) is 7.67. The average Bonchev–Trinajstić information content (AvgIpc) is 2.89. The first-order valence-electron chi connectivity index (χ1n) is 7.67. The van der Waals surface area contributed by atoms with E-state index in [0.717, 1.165) is 31.9 Å². The Bertz CT molecular complexity index is 477. The predicted molar refractivity (Wildman–Crippen MR) is 93.1 cm³/mol. The lowest BCUT2D eigenvalue weighted by Gasteiger charge is -2.27. The van der Waals surface area contributed by atoms with Crippen LogP contribution in [-0.4, -0.2) is 66.8 Å². The molecule has 0 fully saturated rings. The van der Waals surface area contributed by atoms with Crippen LogP contribution in [0.25, 0.3) is 0 Å². The zero-order valence-corrected chi connectivity index (χ0v) is 14.6. The summed E-state index contributed by atoms with van der Waals surface area (Å²) in [6.07, 6.45) is 8.04. The number of rotatable bonds is 8. The Balaban J connectivity index is 2.60. The molecule has 0 radical (unpaired) electrons. The summed E-state index contributed by atoms with van der Waals surface area (Å²) in [5, 5.41) is 7.72. The SMILES string of the molecule is C=CCCCN(C)C(=NC)NCC(c1cnn(C)c1)N(C)C. The number of guanidine groups is 1. The number of aryl methyl sites for hydroxylation is 1. The Labute approximate surface area is 134 Å². The maximum atomic E-state index is 4.36. The molecular weight excluding hydrogens is 276 g/mol. The van der Waals surface area contributed by atoms with E-state index in [4.69, 9.17) is 0 Å². The maximum Gasteiger partial charge on any atom is 0.193 e. The molecule has 1 heterocycles. The van der Waals surface area contributed by atoms with Crippen LogP contribution in [0.5, 0.6) is 0 Å². The van der Waals surface area contributed by atoms with Crippen molar-refractivity contribution >= 4 is 5.96 Å². The lowest BCUT2D eigenvalue weighted by atomic mass is 10.1. The van der Waals surface area contributed by atoms with Crippen molar-refractivity contribution in [3.05, 3.63) is 30.6 Å². The second kappa shape index (κ2) is 9.25. The fourth-order valence-electron chi connectivity index (χ4n) is 2.36. The van der Waals surface area contributed by atoms with Crippen molar-refractivity contribution in [3.8, 4) is 0 Å². The topological polar surface area (TPSA) is 48.7 Å². The van der Waals surface area contributed by atoms with E-state index in [-0.39, 0.29) is 6.04 Å². The van der Waals surface area contributed by atoms with Gasteiger partial charge in [-0.2, -0.15) is 5.10 Å². The molecule has 1 unspecified atom stereocenters. The van der Waals surface area contributed by atoms with E-state index in [1.54, 1.807) is 0 Å².